The molecule has 0 saturated carbocycles. The fraction of sp³-hybridized carbons (Fsp3) is 0.304. The van der Waals surface area contributed by atoms with Crippen molar-refractivity contribution in [3.8, 4) is 11.5 Å². The zero-order valence-corrected chi connectivity index (χ0v) is 19.2. The van der Waals surface area contributed by atoms with Crippen LogP contribution in [0.5, 0.6) is 11.5 Å². The number of hydrogen-bond donors (Lipinski definition) is 1. The molecule has 0 radical (unpaired) electrons. The van der Waals surface area contributed by atoms with Crippen molar-refractivity contribution in [1.82, 2.24) is 5.32 Å². The molecule has 1 N–H and O–H groups in total. The minimum atomic E-state index is -3.03. The van der Waals surface area contributed by atoms with Crippen molar-refractivity contribution in [2.45, 2.75) is 19.6 Å². The molecule has 33 heavy (non-hydrogen) atoms. The van der Waals surface area contributed by atoms with Crippen LogP contribution in [0.1, 0.15) is 18.5 Å². The number of esters is 1. The van der Waals surface area contributed by atoms with Gasteiger partial charge in [-0.15, -0.1) is 0 Å². The predicted molar refractivity (Wildman–Crippen MR) is 123 cm³/mol. The number of nitrogens with zero attached hydrogens (tertiary/aromatic N) is 1. The van der Waals surface area contributed by atoms with Crippen LogP contribution in [0, 0.1) is 0 Å². The van der Waals surface area contributed by atoms with Crippen LogP contribution in [-0.4, -0.2) is 45.1 Å². The Bertz CT molecular complexity index is 1030. The van der Waals surface area contributed by atoms with Gasteiger partial charge in [0.15, 0.2) is 5.11 Å². The summed E-state index contributed by atoms with van der Waals surface area (Å²) in [6.45, 7) is -1.07. The first kappa shape index (κ1) is 24.4. The van der Waals surface area contributed by atoms with E-state index in [9.17, 15) is 13.6 Å². The second kappa shape index (κ2) is 11.1. The van der Waals surface area contributed by atoms with Crippen LogP contribution in [0.4, 0.5) is 14.5 Å². The van der Waals surface area contributed by atoms with E-state index in [1.54, 1.807) is 61.4 Å². The Labute approximate surface area is 195 Å². The number of nitrogens with one attached hydrogen (secondary N) is 1. The van der Waals surface area contributed by atoms with E-state index in [0.717, 1.165) is 0 Å². The molecule has 1 aliphatic rings. The van der Waals surface area contributed by atoms with Gasteiger partial charge in [-0.1, -0.05) is 18.2 Å². The summed E-state index contributed by atoms with van der Waals surface area (Å²) in [5.41, 5.74) is 1.71. The molecule has 0 spiro atoms. The maximum Gasteiger partial charge on any atom is 0.387 e. The van der Waals surface area contributed by atoms with Crippen molar-refractivity contribution >= 4 is 29.0 Å². The van der Waals surface area contributed by atoms with Gasteiger partial charge in [-0.05, 0) is 49.5 Å². The van der Waals surface area contributed by atoms with E-state index in [0.29, 0.717) is 22.7 Å². The highest BCUT2D eigenvalue weighted by Crippen LogP contribution is 2.38. The van der Waals surface area contributed by atoms with Crippen molar-refractivity contribution in [2.24, 2.45) is 0 Å². The van der Waals surface area contributed by atoms with Crippen LogP contribution in [0.3, 0.4) is 0 Å². The highest BCUT2D eigenvalue weighted by molar-refractivity contribution is 7.80. The molecular weight excluding hydrogens is 454 g/mol. The van der Waals surface area contributed by atoms with E-state index < -0.39 is 18.6 Å². The molecular formula is C23H24F2N2O5S. The Morgan fingerprint density at radius 1 is 1.12 bits per heavy atom. The number of thiocarbonyl (C=S) groups is 1. The maximum atomic E-state index is 13.1. The fourth-order valence-electron chi connectivity index (χ4n) is 3.50. The summed E-state index contributed by atoms with van der Waals surface area (Å²) in [6, 6.07) is 12.5. The largest absolute Gasteiger partial charge is 0.497 e. The molecule has 1 atom stereocenters. The van der Waals surface area contributed by atoms with E-state index in [4.69, 9.17) is 31.2 Å². The highest BCUT2D eigenvalue weighted by Gasteiger charge is 2.37. The summed E-state index contributed by atoms with van der Waals surface area (Å²) in [4.78, 5) is 14.8. The van der Waals surface area contributed by atoms with Crippen molar-refractivity contribution in [1.29, 1.82) is 0 Å². The van der Waals surface area contributed by atoms with Crippen LogP contribution in [0.25, 0.3) is 0 Å². The normalized spacial score (nSPS) is 16.0. The number of hydrogen-bond acceptors (Lipinski definition) is 6. The Morgan fingerprint density at radius 2 is 1.82 bits per heavy atom. The van der Waals surface area contributed by atoms with Crippen molar-refractivity contribution in [2.75, 3.05) is 32.3 Å². The van der Waals surface area contributed by atoms with E-state index in [1.165, 1.54) is 13.2 Å². The molecule has 0 fully saturated rings. The first-order valence-electron chi connectivity index (χ1n) is 10.0. The van der Waals surface area contributed by atoms with E-state index in [1.807, 2.05) is 0 Å². The predicted octanol–water partition coefficient (Wildman–Crippen LogP) is 4.20. The number of ether oxygens (including phenoxy) is 4. The average Bonchev–Trinajstić information content (AvgIpc) is 2.79. The van der Waals surface area contributed by atoms with Crippen LogP contribution < -0.4 is 19.7 Å². The third-order valence-electron chi connectivity index (χ3n) is 5.00. The molecule has 7 nitrogen and oxygen atoms in total. The third kappa shape index (κ3) is 5.58. The third-order valence-corrected chi connectivity index (χ3v) is 5.30. The summed E-state index contributed by atoms with van der Waals surface area (Å²) in [5, 5.41) is 3.37. The minimum Gasteiger partial charge on any atom is -0.497 e. The number of allylic oxidation sites excluding steroid dienone is 1. The van der Waals surface area contributed by atoms with Gasteiger partial charge in [0.1, 0.15) is 18.1 Å². The second-order valence-corrected chi connectivity index (χ2v) is 7.35. The number of carbonyl (C=O) groups excluding carboxylic acids is 1. The zero-order valence-electron chi connectivity index (χ0n) is 18.3. The van der Waals surface area contributed by atoms with Crippen LogP contribution in [-0.2, 0) is 14.3 Å². The number of carbonyl (C=O) groups is 1. The van der Waals surface area contributed by atoms with Gasteiger partial charge in [0.25, 0.3) is 0 Å². The molecule has 0 aliphatic carbocycles. The lowest BCUT2D eigenvalue weighted by atomic mass is 9.94. The van der Waals surface area contributed by atoms with E-state index in [-0.39, 0.29) is 29.6 Å². The molecule has 10 heteroatoms. The molecule has 0 aromatic heterocycles. The van der Waals surface area contributed by atoms with Crippen LogP contribution in [0.2, 0.25) is 0 Å². The Balaban J connectivity index is 2.09. The molecule has 1 aliphatic heterocycles. The number of benzene rings is 2. The summed E-state index contributed by atoms with van der Waals surface area (Å²) in [7, 11) is 3.05. The number of anilines is 1. The molecule has 3 rings (SSSR count). The topological polar surface area (TPSA) is 69.3 Å². The van der Waals surface area contributed by atoms with Gasteiger partial charge in [0.05, 0.1) is 25.3 Å². The molecule has 2 aromatic rings. The van der Waals surface area contributed by atoms with Gasteiger partial charge in [0, 0.05) is 24.1 Å². The number of halogens is 2. The van der Waals surface area contributed by atoms with Gasteiger partial charge >= 0.3 is 12.6 Å². The number of alkyl halides is 2. The van der Waals surface area contributed by atoms with Crippen LogP contribution in [0.15, 0.2) is 59.8 Å². The fourth-order valence-corrected chi connectivity index (χ4v) is 3.86. The first-order chi connectivity index (χ1) is 15.9. The lowest BCUT2D eigenvalue weighted by Gasteiger charge is -2.38. The second-order valence-electron chi connectivity index (χ2n) is 6.96. The van der Waals surface area contributed by atoms with Gasteiger partial charge in [-0.25, -0.2) is 4.79 Å². The van der Waals surface area contributed by atoms with E-state index >= 15 is 0 Å². The van der Waals surface area contributed by atoms with Gasteiger partial charge in [-0.2, -0.15) is 8.78 Å². The molecule has 2 aromatic carbocycles. The molecule has 0 bridgehead atoms. The standard InChI is InChI=1S/C23H24F2N2O5S/c1-14-19(21(28)31-13-12-29-2)20(17-6-4-5-7-18(17)32-22(24)25)26-23(33)27(14)15-8-10-16(30-3)11-9-15/h4-11,20,22H,12-13H2,1-3H3,(H,26,33). The summed E-state index contributed by atoms with van der Waals surface area (Å²) >= 11 is 5.59. The van der Waals surface area contributed by atoms with Gasteiger partial charge in [-0.3, -0.25) is 4.90 Å². The monoisotopic (exact) mass is 478 g/mol. The maximum absolute atomic E-state index is 13.1. The Morgan fingerprint density at radius 3 is 2.45 bits per heavy atom. The van der Waals surface area contributed by atoms with Crippen molar-refractivity contribution in [3.05, 3.63) is 65.4 Å². The molecule has 0 amide bonds. The molecule has 176 valence electrons. The summed E-state index contributed by atoms with van der Waals surface area (Å²) < 4.78 is 46.3. The zero-order chi connectivity index (χ0) is 24.0. The molecule has 1 unspecified atom stereocenters. The summed E-state index contributed by atoms with van der Waals surface area (Å²) in [6.07, 6.45) is 0. The van der Waals surface area contributed by atoms with Gasteiger partial charge in [0.2, 0.25) is 0 Å². The number of para-hydroxylation sites is 1. The smallest absolute Gasteiger partial charge is 0.387 e. The van der Waals surface area contributed by atoms with Gasteiger partial charge < -0.3 is 24.3 Å². The lowest BCUT2D eigenvalue weighted by molar-refractivity contribution is -0.140. The van der Waals surface area contributed by atoms with Crippen molar-refractivity contribution < 1.29 is 32.5 Å². The quantitative estimate of drug-likeness (QED) is 0.327. The number of rotatable bonds is 9. The molecule has 0 saturated heterocycles. The first-order valence-corrected chi connectivity index (χ1v) is 10.4. The summed E-state index contributed by atoms with van der Waals surface area (Å²) in [5.74, 6) is -0.0398. The SMILES string of the molecule is COCCOC(=O)C1=C(C)N(c2ccc(OC)cc2)C(=S)NC1c1ccccc1OC(F)F. The van der Waals surface area contributed by atoms with E-state index in [2.05, 4.69) is 5.32 Å². The Kier molecular flexibility index (Phi) is 8.18. The highest BCUT2D eigenvalue weighted by atomic mass is 32.1. The number of methoxy groups -OCH3 is 2. The lowest BCUT2D eigenvalue weighted by Crippen LogP contribution is -2.48. The molecule has 1 heterocycles. The minimum absolute atomic E-state index is 0.0288. The van der Waals surface area contributed by atoms with Crippen molar-refractivity contribution in [3.63, 3.8) is 0 Å². The Hall–Kier alpha value is -3.24. The van der Waals surface area contributed by atoms with Crippen LogP contribution >= 0.6 is 12.2 Å². The average molecular weight is 479 g/mol.